The van der Waals surface area contributed by atoms with Gasteiger partial charge in [-0.05, 0) is 51.7 Å². The van der Waals surface area contributed by atoms with E-state index in [0.717, 1.165) is 18.6 Å². The summed E-state index contributed by atoms with van der Waals surface area (Å²) in [6, 6.07) is 3.35. The number of rotatable bonds is 8. The van der Waals surface area contributed by atoms with Crippen LogP contribution in [0.5, 0.6) is 17.2 Å². The zero-order chi connectivity index (χ0) is 18.5. The van der Waals surface area contributed by atoms with Crippen molar-refractivity contribution in [2.45, 2.75) is 33.6 Å². The van der Waals surface area contributed by atoms with E-state index in [4.69, 9.17) is 14.2 Å². The van der Waals surface area contributed by atoms with E-state index in [9.17, 15) is 4.79 Å². The van der Waals surface area contributed by atoms with Gasteiger partial charge < -0.3 is 14.2 Å². The summed E-state index contributed by atoms with van der Waals surface area (Å²) >= 11 is 0. The minimum Gasteiger partial charge on any atom is -0.490 e. The fourth-order valence-electron chi connectivity index (χ4n) is 3.37. The van der Waals surface area contributed by atoms with Crippen LogP contribution in [0.3, 0.4) is 0 Å². The monoisotopic (exact) mass is 358 g/mol. The number of hydrazone groups is 1. The van der Waals surface area contributed by atoms with Gasteiger partial charge >= 0.3 is 0 Å². The molecule has 2 aliphatic rings. The molecule has 1 aromatic rings. The molecule has 6 heteroatoms. The molecule has 2 aliphatic carbocycles. The van der Waals surface area contributed by atoms with E-state index in [0.29, 0.717) is 54.5 Å². The Bertz CT molecular complexity index is 700. The molecule has 0 heterocycles. The highest BCUT2D eigenvalue weighted by atomic mass is 16.5. The van der Waals surface area contributed by atoms with Crippen LogP contribution in [0.25, 0.3) is 0 Å². The summed E-state index contributed by atoms with van der Waals surface area (Å²) in [5.74, 6) is 2.32. The molecule has 0 aliphatic heterocycles. The standard InChI is InChI=1S/C20H26N2O4/c1-4-24-17-11-14(12-18(25-5-2)19(17)26-6-3)20(23)22-21-16-10-13-8-7-9-15(13)16/h7-8,11-13,15H,4-6,9-10H2,1-3H3,(H,22,23)/b21-16+/t13-,15+/m0/s1. The van der Waals surface area contributed by atoms with Crippen LogP contribution in [0.15, 0.2) is 29.4 Å². The lowest BCUT2D eigenvalue weighted by Gasteiger charge is -2.31. The van der Waals surface area contributed by atoms with Gasteiger partial charge in [0.15, 0.2) is 11.5 Å². The quantitative estimate of drug-likeness (QED) is 0.570. The van der Waals surface area contributed by atoms with Gasteiger partial charge in [-0.15, -0.1) is 0 Å². The highest BCUT2D eigenvalue weighted by molar-refractivity contribution is 5.98. The molecule has 0 saturated heterocycles. The fourth-order valence-corrected chi connectivity index (χ4v) is 3.37. The third kappa shape index (κ3) is 3.69. The first-order valence-corrected chi connectivity index (χ1v) is 9.27. The van der Waals surface area contributed by atoms with Gasteiger partial charge in [-0.3, -0.25) is 4.79 Å². The minimum atomic E-state index is -0.281. The Morgan fingerprint density at radius 2 is 1.77 bits per heavy atom. The molecule has 0 bridgehead atoms. The number of nitrogens with zero attached hydrogens (tertiary/aromatic N) is 1. The summed E-state index contributed by atoms with van der Waals surface area (Å²) in [7, 11) is 0. The Kier molecular flexibility index (Phi) is 5.81. The van der Waals surface area contributed by atoms with Gasteiger partial charge in [-0.25, -0.2) is 5.43 Å². The summed E-state index contributed by atoms with van der Waals surface area (Å²) < 4.78 is 17.0. The average Bonchev–Trinajstić information content (AvgIpc) is 2.99. The topological polar surface area (TPSA) is 69.2 Å². The number of ether oxygens (including phenoxy) is 3. The van der Waals surface area contributed by atoms with E-state index in [1.807, 2.05) is 20.8 Å². The number of carbonyl (C=O) groups is 1. The van der Waals surface area contributed by atoms with Gasteiger partial charge in [0.25, 0.3) is 5.91 Å². The average molecular weight is 358 g/mol. The number of hydrogen-bond acceptors (Lipinski definition) is 5. The van der Waals surface area contributed by atoms with Crippen LogP contribution in [0.4, 0.5) is 0 Å². The molecule has 0 aromatic heterocycles. The predicted octanol–water partition coefficient (Wildman–Crippen LogP) is 3.56. The summed E-state index contributed by atoms with van der Waals surface area (Å²) in [6.07, 6.45) is 6.38. The molecule has 1 amide bonds. The molecule has 1 aromatic carbocycles. The van der Waals surface area contributed by atoms with Gasteiger partial charge in [0.1, 0.15) is 0 Å². The maximum absolute atomic E-state index is 12.6. The maximum Gasteiger partial charge on any atom is 0.271 e. The van der Waals surface area contributed by atoms with E-state index < -0.39 is 0 Å². The van der Waals surface area contributed by atoms with E-state index in [2.05, 4.69) is 22.7 Å². The number of hydrogen-bond donors (Lipinski definition) is 1. The van der Waals surface area contributed by atoms with Crippen molar-refractivity contribution in [2.24, 2.45) is 16.9 Å². The third-order valence-corrected chi connectivity index (χ3v) is 4.64. The smallest absolute Gasteiger partial charge is 0.271 e. The largest absolute Gasteiger partial charge is 0.490 e. The molecule has 140 valence electrons. The van der Waals surface area contributed by atoms with Crippen LogP contribution >= 0.6 is 0 Å². The lowest BCUT2D eigenvalue weighted by atomic mass is 9.74. The molecular weight excluding hydrogens is 332 g/mol. The van der Waals surface area contributed by atoms with Crippen molar-refractivity contribution in [1.82, 2.24) is 5.43 Å². The first-order chi connectivity index (χ1) is 12.7. The Morgan fingerprint density at radius 3 is 2.35 bits per heavy atom. The zero-order valence-corrected chi connectivity index (χ0v) is 15.6. The van der Waals surface area contributed by atoms with Crippen molar-refractivity contribution in [1.29, 1.82) is 0 Å². The summed E-state index contributed by atoms with van der Waals surface area (Å²) in [5.41, 5.74) is 4.17. The van der Waals surface area contributed by atoms with Gasteiger partial charge in [0.2, 0.25) is 5.75 Å². The summed E-state index contributed by atoms with van der Waals surface area (Å²) in [4.78, 5) is 12.6. The van der Waals surface area contributed by atoms with Crippen molar-refractivity contribution in [3.8, 4) is 17.2 Å². The Balaban J connectivity index is 1.79. The number of carbonyl (C=O) groups excluding carboxylic acids is 1. The van der Waals surface area contributed by atoms with Crippen LogP contribution in [0, 0.1) is 11.8 Å². The highest BCUT2D eigenvalue weighted by Gasteiger charge is 2.38. The number of allylic oxidation sites excluding steroid dienone is 2. The van der Waals surface area contributed by atoms with Gasteiger partial charge in [0.05, 0.1) is 19.8 Å². The second-order valence-corrected chi connectivity index (χ2v) is 6.28. The first kappa shape index (κ1) is 18.3. The Labute approximate surface area is 154 Å². The maximum atomic E-state index is 12.6. The molecule has 0 radical (unpaired) electrons. The molecular formula is C20H26N2O4. The van der Waals surface area contributed by atoms with Gasteiger partial charge in [-0.2, -0.15) is 5.10 Å². The molecule has 0 unspecified atom stereocenters. The van der Waals surface area contributed by atoms with Crippen LogP contribution in [0.2, 0.25) is 0 Å². The first-order valence-electron chi connectivity index (χ1n) is 9.27. The number of amides is 1. The lowest BCUT2D eigenvalue weighted by molar-refractivity contribution is 0.0952. The molecule has 26 heavy (non-hydrogen) atoms. The van der Waals surface area contributed by atoms with Crippen molar-refractivity contribution >= 4 is 11.6 Å². The van der Waals surface area contributed by atoms with E-state index >= 15 is 0 Å². The second-order valence-electron chi connectivity index (χ2n) is 6.28. The number of nitrogens with one attached hydrogen (secondary N) is 1. The Morgan fingerprint density at radius 1 is 1.12 bits per heavy atom. The van der Waals surface area contributed by atoms with Crippen LogP contribution in [0.1, 0.15) is 44.0 Å². The van der Waals surface area contributed by atoms with Gasteiger partial charge in [0, 0.05) is 17.2 Å². The third-order valence-electron chi connectivity index (χ3n) is 4.64. The highest BCUT2D eigenvalue weighted by Crippen LogP contribution is 2.40. The SMILES string of the molecule is CCOc1cc(C(=O)N/N=C2\C[C@@H]3C=CC[C@@H]23)cc(OCC)c1OCC. The van der Waals surface area contributed by atoms with Crippen molar-refractivity contribution in [3.05, 3.63) is 29.8 Å². The minimum absolute atomic E-state index is 0.281. The van der Waals surface area contributed by atoms with Crippen LogP contribution < -0.4 is 19.6 Å². The molecule has 1 saturated carbocycles. The van der Waals surface area contributed by atoms with Crippen LogP contribution in [-0.2, 0) is 0 Å². The molecule has 2 atom stereocenters. The van der Waals surface area contributed by atoms with Crippen molar-refractivity contribution in [3.63, 3.8) is 0 Å². The molecule has 1 fully saturated rings. The van der Waals surface area contributed by atoms with E-state index in [1.165, 1.54) is 0 Å². The molecule has 3 rings (SSSR count). The summed E-state index contributed by atoms with van der Waals surface area (Å²) in [5, 5.41) is 4.32. The number of fused-ring (bicyclic) bond motifs is 1. The second kappa shape index (κ2) is 8.25. The van der Waals surface area contributed by atoms with Crippen LogP contribution in [-0.4, -0.2) is 31.4 Å². The fraction of sp³-hybridized carbons (Fsp3) is 0.500. The molecule has 6 nitrogen and oxygen atoms in total. The predicted molar refractivity (Wildman–Crippen MR) is 100 cm³/mol. The molecule has 0 spiro atoms. The number of benzene rings is 1. The Hall–Kier alpha value is -2.50. The zero-order valence-electron chi connectivity index (χ0n) is 15.6. The normalized spacial score (nSPS) is 21.9. The summed E-state index contributed by atoms with van der Waals surface area (Å²) in [6.45, 7) is 7.08. The van der Waals surface area contributed by atoms with Crippen molar-refractivity contribution in [2.75, 3.05) is 19.8 Å². The lowest BCUT2D eigenvalue weighted by Crippen LogP contribution is -2.35. The van der Waals surface area contributed by atoms with E-state index in [1.54, 1.807) is 12.1 Å². The van der Waals surface area contributed by atoms with Gasteiger partial charge in [-0.1, -0.05) is 12.2 Å². The molecule has 1 N–H and O–H groups in total. The van der Waals surface area contributed by atoms with Crippen molar-refractivity contribution < 1.29 is 19.0 Å². The van der Waals surface area contributed by atoms with E-state index in [-0.39, 0.29) is 5.91 Å².